The second-order valence-corrected chi connectivity index (χ2v) is 9.33. The van der Waals surface area contributed by atoms with Crippen LogP contribution in [0.1, 0.15) is 12.5 Å². The highest BCUT2D eigenvalue weighted by atomic mass is 35.5. The van der Waals surface area contributed by atoms with E-state index in [-0.39, 0.29) is 22.1 Å². The molecule has 13 heteroatoms. The second kappa shape index (κ2) is 7.71. The van der Waals surface area contributed by atoms with Gasteiger partial charge in [-0.2, -0.15) is 17.9 Å². The first-order valence-corrected chi connectivity index (χ1v) is 11.1. The van der Waals surface area contributed by atoms with Crippen LogP contribution in [-0.2, 0) is 16.0 Å². The number of hydrogen-bond acceptors (Lipinski definition) is 6. The summed E-state index contributed by atoms with van der Waals surface area (Å²) in [6.45, 7) is 1.41. The molecule has 4 heterocycles. The molecule has 0 aliphatic carbocycles. The number of alkyl halides is 3. The molecular weight excluding hydrogens is 471 g/mol. The summed E-state index contributed by atoms with van der Waals surface area (Å²) in [7, 11) is -3.92. The molecule has 0 radical (unpaired) electrons. The smallest absolute Gasteiger partial charge is 0.256 e. The number of nitrogens with zero attached hydrogens (tertiary/aromatic N) is 5. The SMILES string of the molecule is CCS(=O)(=O)c1cc(-c2cc(Cl)ccn2)cnc1-n1nc2ccc(C(F)(F)F)cn2c1=O. The standard InChI is InChI=1S/C19H13ClF3N5O3S/c1-2-32(30,31)15-7-11(14-8-13(20)5-6-24-14)9-25-17(15)28-18(29)27-10-12(19(21,22)23)3-4-16(27)26-28/h3-10H,2H2,1H3. The number of fused-ring (bicyclic) bond motifs is 1. The Labute approximate surface area is 183 Å². The third-order valence-corrected chi connectivity index (χ3v) is 6.58. The lowest BCUT2D eigenvalue weighted by molar-refractivity contribution is -0.137. The van der Waals surface area contributed by atoms with E-state index in [2.05, 4.69) is 15.1 Å². The molecule has 4 aromatic heterocycles. The van der Waals surface area contributed by atoms with Gasteiger partial charge in [0.1, 0.15) is 4.90 Å². The molecule has 0 spiro atoms. The normalized spacial score (nSPS) is 12.4. The minimum atomic E-state index is -4.67. The number of halogens is 4. The van der Waals surface area contributed by atoms with Gasteiger partial charge in [0.05, 0.1) is 17.0 Å². The lowest BCUT2D eigenvalue weighted by atomic mass is 10.2. The molecule has 0 saturated carbocycles. The van der Waals surface area contributed by atoms with Crippen LogP contribution in [0.25, 0.3) is 22.7 Å². The molecule has 4 rings (SSSR count). The summed E-state index contributed by atoms with van der Waals surface area (Å²) in [5.41, 5.74) is -1.49. The number of hydrogen-bond donors (Lipinski definition) is 0. The molecule has 0 aromatic carbocycles. The summed E-state index contributed by atoms with van der Waals surface area (Å²) in [5, 5.41) is 4.34. The van der Waals surface area contributed by atoms with Crippen LogP contribution in [0.15, 0.2) is 58.6 Å². The monoisotopic (exact) mass is 483 g/mol. The van der Waals surface area contributed by atoms with Gasteiger partial charge in [0, 0.05) is 29.2 Å². The summed E-state index contributed by atoms with van der Waals surface area (Å²) in [5.74, 6) is -0.644. The molecule has 166 valence electrons. The van der Waals surface area contributed by atoms with E-state index < -0.39 is 27.3 Å². The fraction of sp³-hybridized carbons (Fsp3) is 0.158. The minimum absolute atomic E-state index is 0.106. The zero-order valence-corrected chi connectivity index (χ0v) is 17.8. The van der Waals surface area contributed by atoms with E-state index in [0.717, 1.165) is 12.1 Å². The topological polar surface area (TPSA) is 99.2 Å². The van der Waals surface area contributed by atoms with Crippen LogP contribution in [0.4, 0.5) is 13.2 Å². The third kappa shape index (κ3) is 3.86. The zero-order valence-electron chi connectivity index (χ0n) is 16.2. The van der Waals surface area contributed by atoms with Gasteiger partial charge >= 0.3 is 11.9 Å². The Bertz CT molecular complexity index is 1510. The van der Waals surface area contributed by atoms with E-state index in [1.54, 1.807) is 6.07 Å². The van der Waals surface area contributed by atoms with Crippen LogP contribution < -0.4 is 5.69 Å². The van der Waals surface area contributed by atoms with Crippen molar-refractivity contribution in [2.24, 2.45) is 0 Å². The average molecular weight is 484 g/mol. The molecule has 0 aliphatic heterocycles. The van der Waals surface area contributed by atoms with Gasteiger partial charge in [0.25, 0.3) is 0 Å². The zero-order chi connectivity index (χ0) is 23.3. The van der Waals surface area contributed by atoms with Gasteiger partial charge < -0.3 is 0 Å². The quantitative estimate of drug-likeness (QED) is 0.441. The van der Waals surface area contributed by atoms with Crippen molar-refractivity contribution in [3.8, 4) is 17.1 Å². The van der Waals surface area contributed by atoms with Gasteiger partial charge in [0.2, 0.25) is 0 Å². The molecule has 0 amide bonds. The van der Waals surface area contributed by atoms with Gasteiger partial charge in [0.15, 0.2) is 21.3 Å². The maximum atomic E-state index is 13.0. The lowest BCUT2D eigenvalue weighted by Crippen LogP contribution is -2.23. The Hall–Kier alpha value is -3.25. The van der Waals surface area contributed by atoms with Gasteiger partial charge in [-0.1, -0.05) is 18.5 Å². The van der Waals surface area contributed by atoms with Crippen molar-refractivity contribution >= 4 is 27.1 Å². The van der Waals surface area contributed by atoms with E-state index in [4.69, 9.17) is 11.6 Å². The first kappa shape index (κ1) is 22.0. The molecule has 0 fully saturated rings. The van der Waals surface area contributed by atoms with Crippen molar-refractivity contribution in [3.05, 3.63) is 70.0 Å². The van der Waals surface area contributed by atoms with Gasteiger partial charge in [-0.15, -0.1) is 5.10 Å². The number of pyridine rings is 3. The highest BCUT2D eigenvalue weighted by molar-refractivity contribution is 7.91. The predicted octanol–water partition coefficient (Wildman–Crippen LogP) is 3.41. The van der Waals surface area contributed by atoms with E-state index in [9.17, 15) is 26.4 Å². The maximum absolute atomic E-state index is 13.0. The van der Waals surface area contributed by atoms with Crippen molar-refractivity contribution in [2.75, 3.05) is 5.75 Å². The molecule has 0 aliphatic rings. The van der Waals surface area contributed by atoms with Crippen molar-refractivity contribution in [2.45, 2.75) is 18.0 Å². The predicted molar refractivity (Wildman–Crippen MR) is 110 cm³/mol. The van der Waals surface area contributed by atoms with Crippen LogP contribution in [0.5, 0.6) is 0 Å². The fourth-order valence-electron chi connectivity index (χ4n) is 2.96. The van der Waals surface area contributed by atoms with Crippen LogP contribution in [0.2, 0.25) is 5.02 Å². The fourth-order valence-corrected chi connectivity index (χ4v) is 4.16. The van der Waals surface area contributed by atoms with E-state index in [1.807, 2.05) is 0 Å². The van der Waals surface area contributed by atoms with Crippen LogP contribution >= 0.6 is 11.6 Å². The first-order valence-electron chi connectivity index (χ1n) is 9.05. The van der Waals surface area contributed by atoms with Gasteiger partial charge in [-0.05, 0) is 30.3 Å². The molecule has 0 N–H and O–H groups in total. The molecule has 0 atom stereocenters. The Kier molecular flexibility index (Phi) is 5.29. The summed E-state index contributed by atoms with van der Waals surface area (Å²) in [6, 6.07) is 6.12. The Morgan fingerprint density at radius 3 is 2.53 bits per heavy atom. The molecule has 8 nitrogen and oxygen atoms in total. The van der Waals surface area contributed by atoms with E-state index >= 15 is 0 Å². The summed E-state index contributed by atoms with van der Waals surface area (Å²) in [6.07, 6.45) is -1.36. The average Bonchev–Trinajstić information content (AvgIpc) is 3.08. The van der Waals surface area contributed by atoms with E-state index in [1.165, 1.54) is 31.5 Å². The highest BCUT2D eigenvalue weighted by Crippen LogP contribution is 2.29. The Morgan fingerprint density at radius 1 is 1.12 bits per heavy atom. The van der Waals surface area contributed by atoms with Crippen LogP contribution in [0.3, 0.4) is 0 Å². The Morgan fingerprint density at radius 2 is 1.88 bits per heavy atom. The number of rotatable bonds is 4. The molecule has 0 unspecified atom stereocenters. The summed E-state index contributed by atoms with van der Waals surface area (Å²) in [4.78, 5) is 20.7. The molecule has 0 saturated heterocycles. The first-order chi connectivity index (χ1) is 15.0. The van der Waals surface area contributed by atoms with Crippen LogP contribution in [0, 0.1) is 0 Å². The largest absolute Gasteiger partial charge is 0.417 e. The second-order valence-electron chi connectivity index (χ2n) is 6.65. The minimum Gasteiger partial charge on any atom is -0.256 e. The van der Waals surface area contributed by atoms with Crippen molar-refractivity contribution in [1.82, 2.24) is 24.1 Å². The van der Waals surface area contributed by atoms with Gasteiger partial charge in [-0.25, -0.2) is 22.6 Å². The maximum Gasteiger partial charge on any atom is 0.417 e. The Balaban J connectivity index is 1.96. The molecule has 0 bridgehead atoms. The summed E-state index contributed by atoms with van der Waals surface area (Å²) < 4.78 is 66.0. The van der Waals surface area contributed by atoms with Crippen molar-refractivity contribution < 1.29 is 21.6 Å². The lowest BCUT2D eigenvalue weighted by Gasteiger charge is -2.10. The molecular formula is C19H13ClF3N5O3S. The van der Waals surface area contributed by atoms with Crippen molar-refractivity contribution in [3.63, 3.8) is 0 Å². The highest BCUT2D eigenvalue weighted by Gasteiger charge is 2.31. The number of aromatic nitrogens is 5. The summed E-state index contributed by atoms with van der Waals surface area (Å²) >= 11 is 5.97. The third-order valence-electron chi connectivity index (χ3n) is 4.61. The van der Waals surface area contributed by atoms with Crippen LogP contribution in [-0.4, -0.2) is 38.3 Å². The van der Waals surface area contributed by atoms with Gasteiger partial charge in [-0.3, -0.25) is 4.98 Å². The van der Waals surface area contributed by atoms with Crippen molar-refractivity contribution in [1.29, 1.82) is 0 Å². The number of sulfone groups is 1. The van der Waals surface area contributed by atoms with E-state index in [0.29, 0.717) is 31.6 Å². The molecule has 4 aromatic rings. The molecule has 32 heavy (non-hydrogen) atoms.